The number of esters is 2. The summed E-state index contributed by atoms with van der Waals surface area (Å²) in [6.07, 6.45) is 1.03. The Bertz CT molecular complexity index is 6480. The molecule has 4 fully saturated rings. The van der Waals surface area contributed by atoms with E-state index in [0.29, 0.717) is 60.2 Å². The van der Waals surface area contributed by atoms with Crippen molar-refractivity contribution in [2.45, 2.75) is 116 Å². The zero-order valence-corrected chi connectivity index (χ0v) is 80.7. The van der Waals surface area contributed by atoms with E-state index in [2.05, 4.69) is 5.32 Å². The lowest BCUT2D eigenvalue weighted by atomic mass is 9.87. The summed E-state index contributed by atoms with van der Waals surface area (Å²) >= 11 is 0. The van der Waals surface area contributed by atoms with Gasteiger partial charge in [0, 0.05) is 48.0 Å². The number of rotatable bonds is 33. The van der Waals surface area contributed by atoms with Gasteiger partial charge in [-0.15, -0.1) is 12.4 Å². The fourth-order valence-corrected chi connectivity index (χ4v) is 21.3. The van der Waals surface area contributed by atoms with Crippen LogP contribution in [-0.4, -0.2) is 152 Å². The molecule has 736 valence electrons. The number of nitrogens with zero attached hydrogens (tertiary/aromatic N) is 3. The van der Waals surface area contributed by atoms with Crippen LogP contribution in [0.4, 0.5) is 17.6 Å². The van der Waals surface area contributed by atoms with Crippen molar-refractivity contribution in [2.24, 2.45) is 23.5 Å². The lowest BCUT2D eigenvalue weighted by Crippen LogP contribution is -2.64. The van der Waals surface area contributed by atoms with Gasteiger partial charge < -0.3 is 49.7 Å². The SMILES string of the molecule is C.CCOC(=O)[C@@H](C)Cc1cccc(S(=O)(=O)Cl)c1.CCOC(=O)[C@@H](C)Cc1cccc(S(=O)(=O)N2CC(Oc3cccc(F)c3)(c3ccccc3)C2)c1.C[C@@H](Cc1cccc(S(=O)(=O)N2CC(Oc3cccc(F)c3)(c3ccccc3)C2)c1)C(=O)O.Cl.Fc1cccc(OC2(c3ccccc3)CNC2)c1.N[C@@H](Cc1cccc(S(=O)(=O)N2CC(Oc3cccc(F)c3)(c3ccccc3)C2)c1)C(=O)O. The molecule has 16 rings (SSSR count). The average Bonchev–Trinajstić information content (AvgIpc) is 0.736. The summed E-state index contributed by atoms with van der Waals surface area (Å²) < 4.78 is 195. The number of hydrogen-bond donors (Lipinski definition) is 4. The Labute approximate surface area is 818 Å². The van der Waals surface area contributed by atoms with Crippen LogP contribution in [0.5, 0.6) is 23.0 Å². The highest BCUT2D eigenvalue weighted by Gasteiger charge is 2.55. The summed E-state index contributed by atoms with van der Waals surface area (Å²) in [5.74, 6) is -4.10. The number of carboxylic acids is 2. The monoisotopic (exact) mass is 2020 g/mol. The van der Waals surface area contributed by atoms with Crippen molar-refractivity contribution in [1.82, 2.24) is 18.2 Å². The van der Waals surface area contributed by atoms with Crippen LogP contribution in [-0.2, 0) is 116 Å². The lowest BCUT2D eigenvalue weighted by molar-refractivity contribution is -0.148. The van der Waals surface area contributed by atoms with Crippen LogP contribution in [0.15, 0.2) is 335 Å². The Hall–Kier alpha value is -12.4. The molecule has 139 heavy (non-hydrogen) atoms. The number of benzene rings is 12. The zero-order valence-electron chi connectivity index (χ0n) is 75.8. The summed E-state index contributed by atoms with van der Waals surface area (Å²) in [6, 6.07) is 85.6. The topological polar surface area (TPSA) is 348 Å². The van der Waals surface area contributed by atoms with E-state index >= 15 is 0 Å². The first-order valence-electron chi connectivity index (χ1n) is 43.8. The largest absolute Gasteiger partial charge is 0.481 e. The summed E-state index contributed by atoms with van der Waals surface area (Å²) in [4.78, 5) is 46.0. The predicted octanol–water partition coefficient (Wildman–Crippen LogP) is 17.5. The third-order valence-electron chi connectivity index (χ3n) is 23.0. The molecule has 25 nitrogen and oxygen atoms in total. The standard InChI is InChI=1S/C27H28FNO5S.C25H24FNO5S.C24H23FN2O5S.C15H14FNO.C12H15ClO4S.CH4.ClH/c1-3-33-26(30)20(2)15-21-9-7-14-25(16-21)35(31,32)29-18-27(19-29,22-10-5-4-6-11-22)34-24-13-8-12-23(28)17-24;1-18(24(28)29)13-19-7-5-12-23(14-19)33(30,31)27-16-25(17-27,20-8-3-2-4-9-20)32-22-11-6-10-21(26)15-22;25-19-9-5-10-20(14-19)32-24(18-7-2-1-3-8-18)15-27(16-24)33(30,31)21-11-4-6-17(12-21)13-22(26)23(28)29;16-13-7-4-8-14(9-13)18-15(10-17-11-15)12-5-2-1-3-6-12;1-3-17-12(14)9(2)7-10-5-4-6-11(8-10)18(13,15)16;;/h4-14,16-17,20H,3,15,18-19H2,1-2H3;2-12,14-15,18H,13,16-17H2,1H3,(H,28,29);1-12,14,22H,13,15-16,26H2,(H,28,29);1-9,17H,10-11H2;4-6,8-9H,3,7H2,1-2H3;1H4;1H/t20-;18-;22-;;9-;;/m000.0../s1. The van der Waals surface area contributed by atoms with Gasteiger partial charge in [0.25, 0.3) is 9.05 Å². The van der Waals surface area contributed by atoms with E-state index in [1.807, 2.05) is 121 Å². The van der Waals surface area contributed by atoms with Gasteiger partial charge in [0.2, 0.25) is 30.1 Å². The van der Waals surface area contributed by atoms with Crippen LogP contribution in [0.25, 0.3) is 0 Å². The minimum Gasteiger partial charge on any atom is -0.481 e. The molecule has 35 heteroatoms. The third-order valence-corrected chi connectivity index (χ3v) is 29.7. The van der Waals surface area contributed by atoms with Crippen LogP contribution in [0.3, 0.4) is 0 Å². The van der Waals surface area contributed by atoms with Gasteiger partial charge in [0.15, 0.2) is 22.4 Å². The molecule has 0 aliphatic carbocycles. The normalized spacial score (nSPS) is 15.8. The maximum Gasteiger partial charge on any atom is 0.320 e. The molecule has 5 N–H and O–H groups in total. The quantitative estimate of drug-likeness (QED) is 0.0169. The molecule has 12 aromatic carbocycles. The van der Waals surface area contributed by atoms with Gasteiger partial charge in [0.05, 0.1) is 89.8 Å². The average molecular weight is 2020 g/mol. The van der Waals surface area contributed by atoms with Crippen LogP contribution < -0.4 is 30.0 Å². The van der Waals surface area contributed by atoms with Crippen LogP contribution in [0, 0.1) is 41.0 Å². The first-order chi connectivity index (χ1) is 65.2. The zero-order chi connectivity index (χ0) is 98.5. The van der Waals surface area contributed by atoms with Gasteiger partial charge in [-0.25, -0.2) is 51.2 Å². The number of carboxylic acid groups (broad SMARTS) is 2. The Morgan fingerprint density at radius 1 is 0.360 bits per heavy atom. The minimum atomic E-state index is -3.87. The summed E-state index contributed by atoms with van der Waals surface area (Å²) in [6.45, 7) is 11.0. The number of nitrogens with one attached hydrogen (secondary N) is 1. The Morgan fingerprint density at radius 2 is 0.612 bits per heavy atom. The van der Waals surface area contributed by atoms with Crippen LogP contribution >= 0.6 is 23.1 Å². The Kier molecular flexibility index (Phi) is 37.5. The van der Waals surface area contributed by atoms with Gasteiger partial charge in [-0.3, -0.25) is 19.2 Å². The van der Waals surface area contributed by atoms with Gasteiger partial charge in [0.1, 0.15) is 52.3 Å². The van der Waals surface area contributed by atoms with Crippen LogP contribution in [0.1, 0.15) is 86.6 Å². The first-order valence-corrected chi connectivity index (χ1v) is 50.4. The number of carbonyl (C=O) groups excluding carboxylic acids is 2. The molecule has 0 amide bonds. The van der Waals surface area contributed by atoms with Crippen LogP contribution in [0.2, 0.25) is 0 Å². The number of ether oxygens (including phenoxy) is 6. The number of hydrogen-bond acceptors (Lipinski definition) is 20. The number of aliphatic carboxylic acids is 2. The van der Waals surface area contributed by atoms with Crippen molar-refractivity contribution < 1.29 is 109 Å². The molecule has 0 radical (unpaired) electrons. The van der Waals surface area contributed by atoms with E-state index in [0.717, 1.165) is 46.5 Å². The number of halogens is 6. The minimum absolute atomic E-state index is 0. The maximum atomic E-state index is 13.8. The molecule has 4 heterocycles. The summed E-state index contributed by atoms with van der Waals surface area (Å²) in [7, 11) is -9.98. The number of nitrogens with two attached hydrogens (primary N) is 1. The molecule has 0 unspecified atom stereocenters. The molecule has 12 aromatic rings. The molecular formula is C104H109Cl2F4N5O20S4. The van der Waals surface area contributed by atoms with Crippen molar-refractivity contribution in [3.05, 3.63) is 383 Å². The highest BCUT2D eigenvalue weighted by molar-refractivity contribution is 8.13. The number of carbonyl (C=O) groups is 4. The Balaban J connectivity index is 0.000000183. The van der Waals surface area contributed by atoms with Crippen molar-refractivity contribution in [3.63, 3.8) is 0 Å². The molecule has 4 aliphatic heterocycles. The molecule has 0 bridgehead atoms. The molecule has 4 saturated heterocycles. The van der Waals surface area contributed by atoms with E-state index in [9.17, 15) is 70.4 Å². The maximum absolute atomic E-state index is 13.8. The molecule has 0 saturated carbocycles. The van der Waals surface area contributed by atoms with Gasteiger partial charge in [-0.1, -0.05) is 222 Å². The first kappa shape index (κ1) is 109. The van der Waals surface area contributed by atoms with Gasteiger partial charge in [-0.05, 0) is 181 Å². The molecule has 0 spiro atoms. The van der Waals surface area contributed by atoms with E-state index in [1.54, 1.807) is 138 Å². The fraction of sp³-hybridized carbons (Fsp3) is 0.269. The lowest BCUT2D eigenvalue weighted by Gasteiger charge is -2.48. The van der Waals surface area contributed by atoms with E-state index in [4.69, 9.17) is 55.1 Å². The third kappa shape index (κ3) is 28.0. The van der Waals surface area contributed by atoms with Crippen molar-refractivity contribution in [3.8, 4) is 23.0 Å². The van der Waals surface area contributed by atoms with Crippen molar-refractivity contribution in [2.75, 3.05) is 65.6 Å². The fourth-order valence-electron chi connectivity index (χ4n) is 15.7. The molecule has 4 atom stereocenters. The summed E-state index contributed by atoms with van der Waals surface area (Å²) in [5, 5.41) is 21.4. The summed E-state index contributed by atoms with van der Waals surface area (Å²) in [5.41, 5.74) is 8.50. The predicted molar refractivity (Wildman–Crippen MR) is 521 cm³/mol. The number of sulfonamides is 3. The smallest absolute Gasteiger partial charge is 0.320 e. The van der Waals surface area contributed by atoms with Crippen molar-refractivity contribution in [1.29, 1.82) is 0 Å². The second-order valence-electron chi connectivity index (χ2n) is 33.4. The van der Waals surface area contributed by atoms with E-state index < -0.39 is 97.3 Å². The molecule has 4 aliphatic rings. The van der Waals surface area contributed by atoms with Crippen molar-refractivity contribution >= 4 is 86.1 Å². The van der Waals surface area contributed by atoms with E-state index in [1.165, 1.54) is 104 Å². The highest BCUT2D eigenvalue weighted by Crippen LogP contribution is 2.45. The van der Waals surface area contributed by atoms with Gasteiger partial charge >= 0.3 is 23.9 Å². The second-order valence-corrected chi connectivity index (χ2v) is 41.8. The Morgan fingerprint density at radius 3 is 0.863 bits per heavy atom. The highest BCUT2D eigenvalue weighted by atomic mass is 35.7. The molecular weight excluding hydrogens is 1910 g/mol. The van der Waals surface area contributed by atoms with Gasteiger partial charge in [-0.2, -0.15) is 12.9 Å². The van der Waals surface area contributed by atoms with E-state index in [-0.39, 0.29) is 127 Å². The molecule has 0 aromatic heterocycles. The second kappa shape index (κ2) is 48.0.